The number of hydrogen-bond acceptors (Lipinski definition) is 2. The molecule has 1 aliphatic rings. The van der Waals surface area contributed by atoms with Crippen LogP contribution in [0.1, 0.15) is 36.0 Å². The standard InChI is InChI=1S/C14H21NO/c1-10-6-7-12(14(16)11(10)2)9-13-5-3-4-8-15-13/h6-7,13,15-16H,3-5,8-9H2,1-2H3. The monoisotopic (exact) mass is 219 g/mol. The first-order valence-electron chi connectivity index (χ1n) is 6.20. The smallest absolute Gasteiger partial charge is 0.121 e. The van der Waals surface area contributed by atoms with Crippen molar-refractivity contribution < 1.29 is 5.11 Å². The van der Waals surface area contributed by atoms with Gasteiger partial charge in [-0.2, -0.15) is 0 Å². The molecule has 2 nitrogen and oxygen atoms in total. The summed E-state index contributed by atoms with van der Waals surface area (Å²) < 4.78 is 0. The Morgan fingerprint density at radius 3 is 2.81 bits per heavy atom. The number of phenolic OH excluding ortho intramolecular Hbond substituents is 1. The Kier molecular flexibility index (Phi) is 3.49. The number of rotatable bonds is 2. The maximum absolute atomic E-state index is 10.1. The average molecular weight is 219 g/mol. The predicted octanol–water partition coefficient (Wildman–Crippen LogP) is 2.69. The molecule has 1 aromatic rings. The third-order valence-corrected chi connectivity index (χ3v) is 3.66. The van der Waals surface area contributed by atoms with Crippen molar-refractivity contribution in [3.63, 3.8) is 0 Å². The Hall–Kier alpha value is -1.02. The molecule has 2 N–H and O–H groups in total. The normalized spacial score (nSPS) is 21.0. The number of benzene rings is 1. The Morgan fingerprint density at radius 1 is 1.31 bits per heavy atom. The summed E-state index contributed by atoms with van der Waals surface area (Å²) in [7, 11) is 0. The molecule has 0 aliphatic carbocycles. The molecule has 0 amide bonds. The van der Waals surface area contributed by atoms with Crippen molar-refractivity contribution in [2.24, 2.45) is 0 Å². The van der Waals surface area contributed by atoms with E-state index >= 15 is 0 Å². The van der Waals surface area contributed by atoms with Crippen LogP contribution in [0.5, 0.6) is 5.75 Å². The molecular formula is C14H21NO. The summed E-state index contributed by atoms with van der Waals surface area (Å²) >= 11 is 0. The van der Waals surface area contributed by atoms with Gasteiger partial charge in [-0.1, -0.05) is 18.6 Å². The maximum Gasteiger partial charge on any atom is 0.121 e. The van der Waals surface area contributed by atoms with E-state index in [2.05, 4.69) is 17.4 Å². The second-order valence-corrected chi connectivity index (χ2v) is 4.87. The SMILES string of the molecule is Cc1ccc(CC2CCCCN2)c(O)c1C. The number of piperidine rings is 1. The van der Waals surface area contributed by atoms with Crippen LogP contribution in [-0.4, -0.2) is 17.7 Å². The minimum atomic E-state index is 0.493. The van der Waals surface area contributed by atoms with E-state index in [1.165, 1.54) is 19.3 Å². The molecule has 1 aliphatic heterocycles. The molecule has 0 spiro atoms. The Balaban J connectivity index is 2.11. The number of hydrogen-bond donors (Lipinski definition) is 2. The van der Waals surface area contributed by atoms with Crippen molar-refractivity contribution in [1.82, 2.24) is 5.32 Å². The molecule has 16 heavy (non-hydrogen) atoms. The van der Waals surface area contributed by atoms with Crippen molar-refractivity contribution in [2.45, 2.75) is 45.6 Å². The molecule has 2 rings (SSSR count). The Labute approximate surface area is 97.7 Å². The topological polar surface area (TPSA) is 32.3 Å². The highest BCUT2D eigenvalue weighted by Gasteiger charge is 2.15. The molecule has 88 valence electrons. The Bertz CT molecular complexity index is 367. The van der Waals surface area contributed by atoms with Gasteiger partial charge in [-0.25, -0.2) is 0 Å². The Morgan fingerprint density at radius 2 is 2.12 bits per heavy atom. The second kappa shape index (κ2) is 4.88. The summed E-state index contributed by atoms with van der Waals surface area (Å²) in [6, 6.07) is 4.71. The van der Waals surface area contributed by atoms with Crippen LogP contribution in [0.3, 0.4) is 0 Å². The van der Waals surface area contributed by atoms with Gasteiger partial charge in [0.25, 0.3) is 0 Å². The lowest BCUT2D eigenvalue weighted by Crippen LogP contribution is -2.35. The number of aromatic hydroxyl groups is 1. The van der Waals surface area contributed by atoms with Gasteiger partial charge >= 0.3 is 0 Å². The zero-order valence-electron chi connectivity index (χ0n) is 10.2. The lowest BCUT2D eigenvalue weighted by atomic mass is 9.95. The van der Waals surface area contributed by atoms with E-state index in [0.717, 1.165) is 29.7 Å². The van der Waals surface area contributed by atoms with Crippen molar-refractivity contribution in [2.75, 3.05) is 6.54 Å². The first-order valence-corrected chi connectivity index (χ1v) is 6.20. The quantitative estimate of drug-likeness (QED) is 0.801. The van der Waals surface area contributed by atoms with Gasteiger partial charge in [0.1, 0.15) is 5.75 Å². The van der Waals surface area contributed by atoms with Crippen LogP contribution in [0, 0.1) is 13.8 Å². The van der Waals surface area contributed by atoms with Crippen LogP contribution < -0.4 is 5.32 Å². The van der Waals surface area contributed by atoms with Crippen molar-refractivity contribution >= 4 is 0 Å². The van der Waals surface area contributed by atoms with Crippen LogP contribution in [0.15, 0.2) is 12.1 Å². The van der Waals surface area contributed by atoms with E-state index in [1.54, 1.807) is 0 Å². The van der Waals surface area contributed by atoms with E-state index < -0.39 is 0 Å². The third kappa shape index (κ3) is 2.38. The highest BCUT2D eigenvalue weighted by atomic mass is 16.3. The number of phenols is 1. The molecule has 1 aromatic carbocycles. The first kappa shape index (κ1) is 11.5. The molecule has 1 saturated heterocycles. The fourth-order valence-corrected chi connectivity index (χ4v) is 2.39. The summed E-state index contributed by atoms with van der Waals surface area (Å²) in [6.45, 7) is 5.15. The molecule has 1 atom stereocenters. The number of nitrogens with one attached hydrogen (secondary N) is 1. The number of aryl methyl sites for hydroxylation is 1. The van der Waals surface area contributed by atoms with Gasteiger partial charge in [0.15, 0.2) is 0 Å². The van der Waals surface area contributed by atoms with Gasteiger partial charge in [-0.3, -0.25) is 0 Å². The molecule has 1 fully saturated rings. The average Bonchev–Trinajstić information content (AvgIpc) is 2.31. The van der Waals surface area contributed by atoms with Gasteiger partial charge in [-0.05, 0) is 56.3 Å². The minimum absolute atomic E-state index is 0.493. The van der Waals surface area contributed by atoms with Crippen LogP contribution in [0.2, 0.25) is 0 Å². The van der Waals surface area contributed by atoms with Crippen LogP contribution in [0.25, 0.3) is 0 Å². The van der Waals surface area contributed by atoms with Gasteiger partial charge in [0, 0.05) is 6.04 Å². The van der Waals surface area contributed by atoms with Gasteiger partial charge in [-0.15, -0.1) is 0 Å². The van der Waals surface area contributed by atoms with Gasteiger partial charge < -0.3 is 10.4 Å². The van der Waals surface area contributed by atoms with E-state index in [1.807, 2.05) is 13.8 Å². The molecule has 1 unspecified atom stereocenters. The van der Waals surface area contributed by atoms with Gasteiger partial charge in [0.2, 0.25) is 0 Å². The zero-order valence-corrected chi connectivity index (χ0v) is 10.2. The van der Waals surface area contributed by atoms with Crippen molar-refractivity contribution in [3.05, 3.63) is 28.8 Å². The first-order chi connectivity index (χ1) is 7.68. The van der Waals surface area contributed by atoms with E-state index in [4.69, 9.17) is 0 Å². The zero-order chi connectivity index (χ0) is 11.5. The third-order valence-electron chi connectivity index (χ3n) is 3.66. The molecule has 0 saturated carbocycles. The second-order valence-electron chi connectivity index (χ2n) is 4.87. The van der Waals surface area contributed by atoms with Crippen LogP contribution in [0.4, 0.5) is 0 Å². The lowest BCUT2D eigenvalue weighted by Gasteiger charge is -2.24. The lowest BCUT2D eigenvalue weighted by molar-refractivity contribution is 0.391. The predicted molar refractivity (Wildman–Crippen MR) is 66.9 cm³/mol. The summed E-state index contributed by atoms with van der Waals surface area (Å²) in [5.41, 5.74) is 3.27. The molecule has 2 heteroatoms. The highest BCUT2D eigenvalue weighted by Crippen LogP contribution is 2.26. The molecular weight excluding hydrogens is 198 g/mol. The maximum atomic E-state index is 10.1. The molecule has 0 radical (unpaired) electrons. The van der Waals surface area contributed by atoms with Crippen molar-refractivity contribution in [1.29, 1.82) is 0 Å². The summed E-state index contributed by atoms with van der Waals surface area (Å²) in [6.07, 6.45) is 4.78. The van der Waals surface area contributed by atoms with E-state index in [-0.39, 0.29) is 0 Å². The molecule has 0 aromatic heterocycles. The summed E-state index contributed by atoms with van der Waals surface area (Å²) in [4.78, 5) is 0. The van der Waals surface area contributed by atoms with E-state index in [0.29, 0.717) is 11.8 Å². The fraction of sp³-hybridized carbons (Fsp3) is 0.571. The fourth-order valence-electron chi connectivity index (χ4n) is 2.39. The largest absolute Gasteiger partial charge is 0.507 e. The van der Waals surface area contributed by atoms with Crippen molar-refractivity contribution in [3.8, 4) is 5.75 Å². The summed E-state index contributed by atoms with van der Waals surface area (Å²) in [5.74, 6) is 0.493. The van der Waals surface area contributed by atoms with Gasteiger partial charge in [0.05, 0.1) is 0 Å². The van der Waals surface area contributed by atoms with Crippen LogP contribution >= 0.6 is 0 Å². The van der Waals surface area contributed by atoms with E-state index in [9.17, 15) is 5.11 Å². The molecule has 0 bridgehead atoms. The summed E-state index contributed by atoms with van der Waals surface area (Å²) in [5, 5.41) is 13.6. The molecule has 1 heterocycles. The van der Waals surface area contributed by atoms with Crippen LogP contribution in [-0.2, 0) is 6.42 Å². The minimum Gasteiger partial charge on any atom is -0.507 e. The highest BCUT2D eigenvalue weighted by molar-refractivity contribution is 5.44.